The fourth-order valence-electron chi connectivity index (χ4n) is 6.00. The van der Waals surface area contributed by atoms with Gasteiger partial charge in [0.1, 0.15) is 24.5 Å². The Balaban J connectivity index is 1.19. The predicted molar refractivity (Wildman–Crippen MR) is 144 cm³/mol. The molecule has 0 spiro atoms. The van der Waals surface area contributed by atoms with E-state index in [9.17, 15) is 4.79 Å². The molecule has 3 aliphatic rings. The van der Waals surface area contributed by atoms with Crippen molar-refractivity contribution in [3.8, 4) is 28.1 Å². The van der Waals surface area contributed by atoms with Gasteiger partial charge in [0, 0.05) is 45.1 Å². The molecule has 1 fully saturated rings. The Morgan fingerprint density at radius 3 is 2.88 bits per heavy atom. The average molecular weight is 555 g/mol. The minimum atomic E-state index is -0.538. The number of nitrogens with zero attached hydrogens (tertiary/aromatic N) is 6. The number of imidazole rings is 1. The number of ether oxygens (including phenoxy) is 1. The van der Waals surface area contributed by atoms with Gasteiger partial charge >= 0.3 is 0 Å². The van der Waals surface area contributed by atoms with Gasteiger partial charge in [0.05, 0.1) is 11.7 Å². The first-order valence-corrected chi connectivity index (χ1v) is 13.1. The van der Waals surface area contributed by atoms with Crippen LogP contribution in [0.1, 0.15) is 35.5 Å². The quantitative estimate of drug-likeness (QED) is 0.328. The number of hydrogen-bond acceptors (Lipinski definition) is 7. The van der Waals surface area contributed by atoms with E-state index >= 15 is 4.39 Å². The Bertz CT molecular complexity index is 1910. The number of rotatable bonds is 4. The van der Waals surface area contributed by atoms with E-state index in [1.165, 1.54) is 11.0 Å². The van der Waals surface area contributed by atoms with Crippen LogP contribution in [0.25, 0.3) is 28.1 Å². The highest BCUT2D eigenvalue weighted by Crippen LogP contribution is 2.60. The van der Waals surface area contributed by atoms with Crippen molar-refractivity contribution in [3.63, 3.8) is 0 Å². The molecule has 0 amide bonds. The summed E-state index contributed by atoms with van der Waals surface area (Å²) in [5, 5.41) is 15.1. The van der Waals surface area contributed by atoms with Crippen LogP contribution < -0.4 is 10.9 Å². The molecule has 1 saturated carbocycles. The van der Waals surface area contributed by atoms with E-state index in [-0.39, 0.29) is 29.1 Å². The zero-order valence-electron chi connectivity index (χ0n) is 20.8. The van der Waals surface area contributed by atoms with Crippen molar-refractivity contribution in [2.75, 3.05) is 5.32 Å². The van der Waals surface area contributed by atoms with E-state index in [1.54, 1.807) is 22.8 Å². The SMILES string of the molecule is C=C1Nc2ccc(-c3nc(C4C5CC5c5cc(-c6cc(Cl)ccc6-n6cnnn6)cc(=O)n54)[nH]c3F)cc2CO1. The minimum absolute atomic E-state index is 0.159. The molecule has 40 heavy (non-hydrogen) atoms. The summed E-state index contributed by atoms with van der Waals surface area (Å²) in [6.45, 7) is 4.12. The third-order valence-corrected chi connectivity index (χ3v) is 8.11. The monoisotopic (exact) mass is 554 g/mol. The number of hydrogen-bond donors (Lipinski definition) is 2. The summed E-state index contributed by atoms with van der Waals surface area (Å²) in [5.41, 5.74) is 5.45. The summed E-state index contributed by atoms with van der Waals surface area (Å²) in [7, 11) is 0. The molecule has 3 unspecified atom stereocenters. The van der Waals surface area contributed by atoms with Crippen LogP contribution >= 0.6 is 11.6 Å². The highest BCUT2D eigenvalue weighted by Gasteiger charge is 2.54. The molecule has 5 heterocycles. The zero-order chi connectivity index (χ0) is 27.1. The molecular weight excluding hydrogens is 535 g/mol. The van der Waals surface area contributed by atoms with Crippen molar-refractivity contribution < 1.29 is 9.13 Å². The Hall–Kier alpha value is -4.77. The van der Waals surface area contributed by atoms with Crippen LogP contribution in [0.2, 0.25) is 5.02 Å². The van der Waals surface area contributed by atoms with Gasteiger partial charge < -0.3 is 19.6 Å². The minimum Gasteiger partial charge on any atom is -0.475 e. The van der Waals surface area contributed by atoms with Gasteiger partial charge in [-0.2, -0.15) is 9.07 Å². The molecule has 10 nitrogen and oxygen atoms in total. The van der Waals surface area contributed by atoms with E-state index < -0.39 is 5.95 Å². The van der Waals surface area contributed by atoms with Crippen LogP contribution in [0.4, 0.5) is 10.1 Å². The van der Waals surface area contributed by atoms with E-state index in [2.05, 4.69) is 37.4 Å². The summed E-state index contributed by atoms with van der Waals surface area (Å²) in [6, 6.07) is 14.1. The number of pyridine rings is 1. The lowest BCUT2D eigenvalue weighted by molar-refractivity contribution is 0.198. The second-order valence-electron chi connectivity index (χ2n) is 10.2. The lowest BCUT2D eigenvalue weighted by Crippen LogP contribution is -2.26. The Labute approximate surface area is 231 Å². The number of halogens is 2. The third-order valence-electron chi connectivity index (χ3n) is 7.88. The fourth-order valence-corrected chi connectivity index (χ4v) is 6.18. The van der Waals surface area contributed by atoms with E-state index in [0.29, 0.717) is 34.6 Å². The topological polar surface area (TPSA) is 116 Å². The predicted octanol–water partition coefficient (Wildman–Crippen LogP) is 4.79. The molecule has 8 rings (SSSR count). The number of tetrazole rings is 1. The van der Waals surface area contributed by atoms with Crippen LogP contribution in [-0.4, -0.2) is 34.7 Å². The summed E-state index contributed by atoms with van der Waals surface area (Å²) in [5.74, 6) is 0.718. The van der Waals surface area contributed by atoms with Crippen molar-refractivity contribution in [1.82, 2.24) is 34.7 Å². The molecule has 0 radical (unpaired) electrons. The average Bonchev–Trinajstić information content (AvgIpc) is 3.24. The zero-order valence-corrected chi connectivity index (χ0v) is 21.6. The van der Waals surface area contributed by atoms with Gasteiger partial charge in [-0.15, -0.1) is 5.10 Å². The molecule has 2 aliphatic heterocycles. The van der Waals surface area contributed by atoms with E-state index in [0.717, 1.165) is 34.5 Å². The Kier molecular flexibility index (Phi) is 4.84. The number of H-pyrrole nitrogens is 1. The molecule has 2 aromatic carbocycles. The molecule has 0 bridgehead atoms. The molecule has 2 N–H and O–H groups in total. The smallest absolute Gasteiger partial charge is 0.252 e. The van der Waals surface area contributed by atoms with Gasteiger partial charge in [0.15, 0.2) is 5.88 Å². The number of aromatic amines is 1. The molecule has 198 valence electrons. The van der Waals surface area contributed by atoms with Gasteiger partial charge in [-0.25, -0.2) is 4.98 Å². The van der Waals surface area contributed by atoms with Crippen LogP contribution in [-0.2, 0) is 11.3 Å². The molecular formula is C28H20ClFN8O2. The van der Waals surface area contributed by atoms with Crippen molar-refractivity contribution >= 4 is 17.3 Å². The highest BCUT2D eigenvalue weighted by atomic mass is 35.5. The first-order chi connectivity index (χ1) is 19.4. The van der Waals surface area contributed by atoms with Crippen LogP contribution in [0, 0.1) is 11.9 Å². The first kappa shape index (κ1) is 23.1. The maximum absolute atomic E-state index is 15.3. The second kappa shape index (κ2) is 8.36. The summed E-state index contributed by atoms with van der Waals surface area (Å²) < 4.78 is 24.0. The number of aromatic nitrogens is 7. The van der Waals surface area contributed by atoms with Crippen LogP contribution in [0.5, 0.6) is 0 Å². The summed E-state index contributed by atoms with van der Waals surface area (Å²) in [6.07, 6.45) is 2.39. The van der Waals surface area contributed by atoms with Gasteiger partial charge in [-0.1, -0.05) is 17.7 Å². The summed E-state index contributed by atoms with van der Waals surface area (Å²) >= 11 is 6.33. The molecule has 1 aliphatic carbocycles. The molecule has 3 aromatic heterocycles. The second-order valence-corrected chi connectivity index (χ2v) is 10.7. The number of nitrogens with one attached hydrogen (secondary N) is 2. The molecule has 3 atom stereocenters. The molecule has 5 aromatic rings. The number of anilines is 1. The van der Waals surface area contributed by atoms with Gasteiger partial charge in [0.2, 0.25) is 5.95 Å². The molecule has 0 saturated heterocycles. The lowest BCUT2D eigenvalue weighted by Gasteiger charge is -2.21. The standard InChI is InChI=1S/C28H20ClFN8O2/c1-13-32-21-4-2-14(6-16(21)11-40-13)25-27(30)34-28(33-25)26-20-10-19(20)23-7-15(8-24(39)38(23)26)18-9-17(29)3-5-22(18)37-12-31-35-36-37/h2-9,12,19-20,26,32H,1,10-11H2,(H,33,34). The normalized spacial score (nSPS) is 20.4. The van der Waals surface area contributed by atoms with Gasteiger partial charge in [0.25, 0.3) is 5.56 Å². The van der Waals surface area contributed by atoms with Crippen LogP contribution in [0.3, 0.4) is 0 Å². The third kappa shape index (κ3) is 3.51. The Morgan fingerprint density at radius 1 is 1.12 bits per heavy atom. The van der Waals surface area contributed by atoms with Crippen molar-refractivity contribution in [2.45, 2.75) is 25.0 Å². The number of fused-ring (bicyclic) bond motifs is 4. The summed E-state index contributed by atoms with van der Waals surface area (Å²) in [4.78, 5) is 21.1. The maximum Gasteiger partial charge on any atom is 0.252 e. The van der Waals surface area contributed by atoms with E-state index in [4.69, 9.17) is 16.3 Å². The van der Waals surface area contributed by atoms with Crippen LogP contribution in [0.15, 0.2) is 72.1 Å². The molecule has 12 heteroatoms. The van der Waals surface area contributed by atoms with Crippen molar-refractivity contribution in [3.05, 3.63) is 106 Å². The maximum atomic E-state index is 15.3. The lowest BCUT2D eigenvalue weighted by atomic mass is 10.0. The van der Waals surface area contributed by atoms with Gasteiger partial charge in [-0.05, 0) is 71.3 Å². The van der Waals surface area contributed by atoms with Crippen molar-refractivity contribution in [2.24, 2.45) is 5.92 Å². The first-order valence-electron chi connectivity index (χ1n) is 12.7. The number of benzene rings is 2. The largest absolute Gasteiger partial charge is 0.475 e. The van der Waals surface area contributed by atoms with Crippen molar-refractivity contribution in [1.29, 1.82) is 0 Å². The van der Waals surface area contributed by atoms with Gasteiger partial charge in [-0.3, -0.25) is 4.79 Å². The fraction of sp³-hybridized carbons (Fsp3) is 0.179. The highest BCUT2D eigenvalue weighted by molar-refractivity contribution is 6.31. The Morgan fingerprint density at radius 2 is 2.02 bits per heavy atom. The van der Waals surface area contributed by atoms with E-state index in [1.807, 2.05) is 30.3 Å².